The third-order valence-electron chi connectivity index (χ3n) is 1.34. The molecule has 0 saturated heterocycles. The molecule has 0 aromatic carbocycles. The van der Waals surface area contributed by atoms with E-state index in [-0.39, 0.29) is 0 Å². The van der Waals surface area contributed by atoms with E-state index in [0.717, 1.165) is 0 Å². The first kappa shape index (κ1) is 12.6. The molecule has 55 valence electrons. The third-order valence-corrected chi connectivity index (χ3v) is 1.34. The van der Waals surface area contributed by atoms with Crippen LogP contribution < -0.4 is 0 Å². The molecule has 3 heteroatoms. The summed E-state index contributed by atoms with van der Waals surface area (Å²) in [6, 6.07) is 0. The molecule has 0 N–H and O–H groups in total. The minimum atomic E-state index is 0.333. The van der Waals surface area contributed by atoms with Gasteiger partial charge in [0, 0.05) is 5.54 Å². The van der Waals surface area contributed by atoms with Crippen molar-refractivity contribution in [2.75, 3.05) is 14.1 Å². The van der Waals surface area contributed by atoms with E-state index in [0.29, 0.717) is 5.54 Å². The fraction of sp³-hybridized carbons (Fsp3) is 1.00. The first-order chi connectivity index (χ1) is 3.94. The third kappa shape index (κ3) is 8.89. The van der Waals surface area contributed by atoms with Crippen LogP contribution in [-0.4, -0.2) is 32.6 Å². The Morgan fingerprint density at radius 2 is 1.22 bits per heavy atom. The number of rotatable bonds is 0. The van der Waals surface area contributed by atoms with Gasteiger partial charge in [-0.2, -0.15) is 0 Å². The Hall–Kier alpha value is 0.891. The van der Waals surface area contributed by atoms with Crippen molar-refractivity contribution in [2.24, 2.45) is 0 Å². The molecule has 0 radical (unpaired) electrons. The second-order valence-electron chi connectivity index (χ2n) is 3.07. The van der Waals surface area contributed by atoms with E-state index in [1.165, 1.54) is 8.11 Å². The summed E-state index contributed by atoms with van der Waals surface area (Å²) in [5, 5.41) is 0. The second kappa shape index (κ2) is 5.66. The van der Waals surface area contributed by atoms with E-state index in [2.05, 4.69) is 59.5 Å². The summed E-state index contributed by atoms with van der Waals surface area (Å²) >= 11 is 2.14. The van der Waals surface area contributed by atoms with Gasteiger partial charge in [-0.1, -0.05) is 0 Å². The normalized spacial score (nSPS) is 10.8. The summed E-state index contributed by atoms with van der Waals surface area (Å²) in [4.78, 5) is 2.19. The summed E-state index contributed by atoms with van der Waals surface area (Å²) in [5.74, 6) is 0. The molecular formula is C6H18NSiTi. The molecule has 0 aliphatic carbocycles. The van der Waals surface area contributed by atoms with Crippen LogP contribution in [0.25, 0.3) is 0 Å². The fourth-order valence-electron chi connectivity index (χ4n) is 0. The zero-order valence-electron chi connectivity index (χ0n) is 7.45. The maximum absolute atomic E-state index is 2.19. The Labute approximate surface area is 73.2 Å². The number of hydrogen-bond acceptors (Lipinski definition) is 1. The van der Waals surface area contributed by atoms with E-state index in [1.54, 1.807) is 0 Å². The van der Waals surface area contributed by atoms with Gasteiger partial charge in [0.1, 0.15) is 0 Å². The molecule has 0 rings (SSSR count). The van der Waals surface area contributed by atoms with Crippen molar-refractivity contribution in [3.63, 3.8) is 0 Å². The molecule has 0 heterocycles. The molecule has 0 unspecified atom stereocenters. The molecule has 0 aromatic rings. The van der Waals surface area contributed by atoms with Gasteiger partial charge >= 0.3 is 27.8 Å². The Morgan fingerprint density at radius 1 is 1.11 bits per heavy atom. The van der Waals surface area contributed by atoms with Crippen LogP contribution in [0.3, 0.4) is 0 Å². The zero-order valence-corrected chi connectivity index (χ0v) is 11.0. The minimum absolute atomic E-state index is 0.333. The molecular weight excluding hydrogens is 162 g/mol. The summed E-state index contributed by atoms with van der Waals surface area (Å²) in [6.07, 6.45) is 0. The summed E-state index contributed by atoms with van der Waals surface area (Å²) in [5.41, 5.74) is 0.333. The summed E-state index contributed by atoms with van der Waals surface area (Å²) < 4.78 is 0. The second-order valence-corrected chi connectivity index (χ2v) is 3.07. The van der Waals surface area contributed by atoms with Crippen LogP contribution in [0.15, 0.2) is 0 Å². The molecule has 0 aromatic heterocycles. The number of hydrogen-bond donors (Lipinski definition) is 0. The van der Waals surface area contributed by atoms with Crippen LogP contribution in [0.1, 0.15) is 20.8 Å². The van der Waals surface area contributed by atoms with E-state index in [1.807, 2.05) is 0 Å². The van der Waals surface area contributed by atoms with Gasteiger partial charge in [-0.3, -0.25) is 0 Å². The van der Waals surface area contributed by atoms with Gasteiger partial charge in [-0.05, 0) is 34.9 Å². The predicted octanol–water partition coefficient (Wildman–Crippen LogP) is 0.160. The SMILES string of the molecule is CN(C)C(C)(C)C.[SiH3][Ti]. The van der Waals surface area contributed by atoms with Crippen molar-refractivity contribution in [1.29, 1.82) is 0 Å². The molecule has 0 aliphatic rings. The van der Waals surface area contributed by atoms with E-state index >= 15 is 0 Å². The van der Waals surface area contributed by atoms with Crippen molar-refractivity contribution < 1.29 is 19.7 Å². The first-order valence-corrected chi connectivity index (χ1v) is 8.80. The van der Waals surface area contributed by atoms with Gasteiger partial charge in [-0.25, -0.2) is 0 Å². The van der Waals surface area contributed by atoms with Crippen LogP contribution in [0.5, 0.6) is 0 Å². The van der Waals surface area contributed by atoms with Crippen LogP contribution in [0.2, 0.25) is 0 Å². The van der Waals surface area contributed by atoms with Crippen molar-refractivity contribution in [3.8, 4) is 0 Å². The molecule has 0 aliphatic heterocycles. The summed E-state index contributed by atoms with van der Waals surface area (Å²) in [6.45, 7) is 6.56. The molecule has 0 bridgehead atoms. The van der Waals surface area contributed by atoms with E-state index in [9.17, 15) is 0 Å². The maximum atomic E-state index is 2.19. The molecule has 0 spiro atoms. The van der Waals surface area contributed by atoms with Crippen molar-refractivity contribution in [2.45, 2.75) is 26.3 Å². The zero-order chi connectivity index (χ0) is 8.08. The van der Waals surface area contributed by atoms with Gasteiger partial charge in [0.05, 0.1) is 0 Å². The number of nitrogens with zero attached hydrogens (tertiary/aromatic N) is 1. The van der Waals surface area contributed by atoms with Gasteiger partial charge < -0.3 is 4.90 Å². The molecule has 0 saturated carbocycles. The van der Waals surface area contributed by atoms with E-state index in [4.69, 9.17) is 0 Å². The first-order valence-electron chi connectivity index (χ1n) is 3.12. The van der Waals surface area contributed by atoms with Gasteiger partial charge in [0.25, 0.3) is 0 Å². The average Bonchev–Trinajstić information content (AvgIpc) is 1.69. The van der Waals surface area contributed by atoms with Gasteiger partial charge in [0.2, 0.25) is 0 Å². The standard InChI is InChI=1S/C6H15N.H3Si.Ti/c1-6(2,3)7(4)5;;/h1-5H3;1H3;. The Bertz CT molecular complexity index is 58.6. The van der Waals surface area contributed by atoms with Crippen LogP contribution >= 0.6 is 0 Å². The predicted molar refractivity (Wildman–Crippen MR) is 43.4 cm³/mol. The summed E-state index contributed by atoms with van der Waals surface area (Å²) in [7, 11) is 5.47. The van der Waals surface area contributed by atoms with Crippen LogP contribution in [-0.2, 0) is 19.7 Å². The Balaban J connectivity index is 0. The fourth-order valence-corrected chi connectivity index (χ4v) is 0. The Morgan fingerprint density at radius 3 is 1.22 bits per heavy atom. The van der Waals surface area contributed by atoms with Crippen molar-refractivity contribution in [1.82, 2.24) is 4.90 Å². The molecule has 0 amide bonds. The Kier molecular flexibility index (Phi) is 7.90. The van der Waals surface area contributed by atoms with Gasteiger partial charge in [0.15, 0.2) is 0 Å². The van der Waals surface area contributed by atoms with Crippen LogP contribution in [0.4, 0.5) is 0 Å². The van der Waals surface area contributed by atoms with Crippen molar-refractivity contribution >= 4 is 8.11 Å². The molecule has 9 heavy (non-hydrogen) atoms. The van der Waals surface area contributed by atoms with Crippen molar-refractivity contribution in [3.05, 3.63) is 0 Å². The molecule has 0 fully saturated rings. The van der Waals surface area contributed by atoms with E-state index < -0.39 is 0 Å². The molecule has 1 nitrogen and oxygen atoms in total. The van der Waals surface area contributed by atoms with Gasteiger partial charge in [-0.15, -0.1) is 0 Å². The van der Waals surface area contributed by atoms with Crippen LogP contribution in [0, 0.1) is 0 Å². The quantitative estimate of drug-likeness (QED) is 0.480. The topological polar surface area (TPSA) is 3.24 Å². The average molecular weight is 180 g/mol. The monoisotopic (exact) mass is 180 g/mol. The molecule has 0 atom stereocenters.